The van der Waals surface area contributed by atoms with Crippen LogP contribution in [-0.2, 0) is 0 Å². The molecule has 0 aromatic carbocycles. The van der Waals surface area contributed by atoms with Crippen molar-refractivity contribution in [2.24, 2.45) is 0 Å². The van der Waals surface area contributed by atoms with Crippen molar-refractivity contribution in [1.29, 1.82) is 0 Å². The maximum absolute atomic E-state index is 8.68. The first-order valence-electron chi connectivity index (χ1n) is 7.15. The second-order valence-electron chi connectivity index (χ2n) is 4.50. The van der Waals surface area contributed by atoms with E-state index in [-0.39, 0.29) is 26.4 Å². The third-order valence-corrected chi connectivity index (χ3v) is 2.70. The fourth-order valence-corrected chi connectivity index (χ4v) is 1.55. The fraction of sp³-hybridized carbons (Fsp3) is 1.00. The lowest BCUT2D eigenvalue weighted by molar-refractivity contribution is 0.160. The van der Waals surface area contributed by atoms with E-state index < -0.39 is 0 Å². The molecule has 124 valence electrons. The van der Waals surface area contributed by atoms with Crippen LogP contribution in [-0.4, -0.2) is 110 Å². The van der Waals surface area contributed by atoms with Crippen molar-refractivity contribution >= 4 is 0 Å². The zero-order valence-corrected chi connectivity index (χ0v) is 13.0. The molecule has 0 aliphatic carbocycles. The lowest BCUT2D eigenvalue weighted by Crippen LogP contribution is -2.32. The smallest absolute Gasteiger partial charge is 0.0558 e. The molecule has 0 aromatic heterocycles. The van der Waals surface area contributed by atoms with Gasteiger partial charge in [0.25, 0.3) is 0 Å². The molecule has 0 aromatic rings. The number of nitrogens with zero attached hydrogens (tertiary/aromatic N) is 2. The molecule has 0 bridgehead atoms. The van der Waals surface area contributed by atoms with Crippen LogP contribution in [0.15, 0.2) is 0 Å². The number of nitrogens with one attached hydrogen (secondary N) is 1. The summed E-state index contributed by atoms with van der Waals surface area (Å²) < 4.78 is 0. The number of likely N-dealkylation sites (N-methyl/N-ethyl adjacent to an activating group) is 1. The maximum atomic E-state index is 8.68. The third-order valence-electron chi connectivity index (χ3n) is 2.70. The largest absolute Gasteiger partial charge is 0.395 e. The molecule has 0 spiro atoms. The molecule has 0 amide bonds. The Morgan fingerprint density at radius 3 is 1.55 bits per heavy atom. The first-order chi connectivity index (χ1) is 9.65. The molecule has 0 atom stereocenters. The average molecular weight is 295 g/mol. The van der Waals surface area contributed by atoms with Gasteiger partial charge < -0.3 is 30.6 Å². The van der Waals surface area contributed by atoms with Gasteiger partial charge in [-0.3, -0.25) is 4.90 Å². The predicted octanol–water partition coefficient (Wildman–Crippen LogP) is -2.21. The maximum Gasteiger partial charge on any atom is 0.0558 e. The summed E-state index contributed by atoms with van der Waals surface area (Å²) in [5, 5.41) is 37.1. The summed E-state index contributed by atoms with van der Waals surface area (Å²) in [6.07, 6.45) is 1.05. The highest BCUT2D eigenvalue weighted by Gasteiger charge is 2.01. The van der Waals surface area contributed by atoms with Crippen molar-refractivity contribution in [2.75, 3.05) is 79.8 Å². The number of aliphatic hydroxyl groups excluding tert-OH is 4. The van der Waals surface area contributed by atoms with E-state index in [2.05, 4.69) is 10.2 Å². The Labute approximate surface area is 122 Å². The molecule has 0 saturated heterocycles. The van der Waals surface area contributed by atoms with Gasteiger partial charge in [-0.2, -0.15) is 0 Å². The zero-order valence-electron chi connectivity index (χ0n) is 13.0. The normalized spacial score (nSPS) is 10.8. The SMILES string of the molecule is CN(CCO)CCO.CNCCCN(CCO)CCO. The summed E-state index contributed by atoms with van der Waals surface area (Å²) in [7, 11) is 3.77. The van der Waals surface area contributed by atoms with Gasteiger partial charge in [0.15, 0.2) is 0 Å². The molecule has 7 heteroatoms. The van der Waals surface area contributed by atoms with Gasteiger partial charge in [0.1, 0.15) is 0 Å². The first kappa shape index (κ1) is 22.0. The van der Waals surface area contributed by atoms with Gasteiger partial charge in [0, 0.05) is 26.2 Å². The second-order valence-corrected chi connectivity index (χ2v) is 4.50. The van der Waals surface area contributed by atoms with E-state index in [4.69, 9.17) is 20.4 Å². The molecule has 0 heterocycles. The van der Waals surface area contributed by atoms with Gasteiger partial charge in [-0.25, -0.2) is 0 Å². The van der Waals surface area contributed by atoms with E-state index >= 15 is 0 Å². The van der Waals surface area contributed by atoms with E-state index in [1.807, 2.05) is 19.0 Å². The van der Waals surface area contributed by atoms with Crippen molar-refractivity contribution in [3.63, 3.8) is 0 Å². The van der Waals surface area contributed by atoms with E-state index in [0.717, 1.165) is 19.5 Å². The van der Waals surface area contributed by atoms with Crippen molar-refractivity contribution < 1.29 is 20.4 Å². The Morgan fingerprint density at radius 1 is 0.750 bits per heavy atom. The van der Waals surface area contributed by atoms with Gasteiger partial charge in [0.2, 0.25) is 0 Å². The van der Waals surface area contributed by atoms with Crippen molar-refractivity contribution in [3.8, 4) is 0 Å². The van der Waals surface area contributed by atoms with Gasteiger partial charge in [-0.05, 0) is 33.6 Å². The lowest BCUT2D eigenvalue weighted by atomic mass is 10.3. The topological polar surface area (TPSA) is 99.4 Å². The Balaban J connectivity index is 0. The summed E-state index contributed by atoms with van der Waals surface area (Å²) in [5.74, 6) is 0. The van der Waals surface area contributed by atoms with Gasteiger partial charge in [-0.1, -0.05) is 0 Å². The standard InChI is InChI=1S/C8H20N2O2.C5H13NO2/c1-9-3-2-4-10(5-7-11)6-8-12;1-6(2-4-7)3-5-8/h9,11-12H,2-8H2,1H3;7-8H,2-5H2,1H3. The predicted molar refractivity (Wildman–Crippen MR) is 80.8 cm³/mol. The highest BCUT2D eigenvalue weighted by Crippen LogP contribution is 1.89. The molecule has 0 aliphatic rings. The van der Waals surface area contributed by atoms with E-state index in [1.165, 1.54) is 0 Å². The molecule has 0 rings (SSSR count). The van der Waals surface area contributed by atoms with Crippen molar-refractivity contribution in [2.45, 2.75) is 6.42 Å². The van der Waals surface area contributed by atoms with Gasteiger partial charge in [0.05, 0.1) is 26.4 Å². The summed E-state index contributed by atoms with van der Waals surface area (Å²) in [5.41, 5.74) is 0. The van der Waals surface area contributed by atoms with Gasteiger partial charge >= 0.3 is 0 Å². The van der Waals surface area contributed by atoms with Crippen LogP contribution in [0.25, 0.3) is 0 Å². The second kappa shape index (κ2) is 18.7. The van der Waals surface area contributed by atoms with Crippen LogP contribution in [0.3, 0.4) is 0 Å². The Bertz CT molecular complexity index is 164. The minimum Gasteiger partial charge on any atom is -0.395 e. The number of aliphatic hydroxyl groups is 4. The Kier molecular flexibility index (Phi) is 20.6. The van der Waals surface area contributed by atoms with Crippen LogP contribution in [0, 0.1) is 0 Å². The minimum atomic E-state index is 0.163. The van der Waals surface area contributed by atoms with E-state index in [0.29, 0.717) is 26.2 Å². The van der Waals surface area contributed by atoms with E-state index in [1.54, 1.807) is 0 Å². The number of rotatable bonds is 12. The molecule has 0 fully saturated rings. The third kappa shape index (κ3) is 17.7. The Hall–Kier alpha value is -0.280. The quantitative estimate of drug-likeness (QED) is 0.260. The highest BCUT2D eigenvalue weighted by molar-refractivity contribution is 4.57. The fourth-order valence-electron chi connectivity index (χ4n) is 1.55. The molecule has 0 saturated carbocycles. The molecular formula is C13H33N3O4. The molecule has 20 heavy (non-hydrogen) atoms. The first-order valence-corrected chi connectivity index (χ1v) is 7.15. The van der Waals surface area contributed by atoms with Crippen LogP contribution >= 0.6 is 0 Å². The molecule has 5 N–H and O–H groups in total. The molecule has 0 unspecified atom stereocenters. The molecular weight excluding hydrogens is 262 g/mol. The summed E-state index contributed by atoms with van der Waals surface area (Å²) in [4.78, 5) is 3.91. The minimum absolute atomic E-state index is 0.163. The zero-order chi connectivity index (χ0) is 15.6. The van der Waals surface area contributed by atoms with Crippen LogP contribution in [0.5, 0.6) is 0 Å². The highest BCUT2D eigenvalue weighted by atomic mass is 16.3. The van der Waals surface area contributed by atoms with Crippen molar-refractivity contribution in [1.82, 2.24) is 15.1 Å². The lowest BCUT2D eigenvalue weighted by Gasteiger charge is -2.19. The summed E-state index contributed by atoms with van der Waals surface area (Å²) in [6.45, 7) is 5.16. The van der Waals surface area contributed by atoms with Crippen LogP contribution < -0.4 is 5.32 Å². The van der Waals surface area contributed by atoms with Crippen LogP contribution in [0.4, 0.5) is 0 Å². The monoisotopic (exact) mass is 295 g/mol. The average Bonchev–Trinajstić information content (AvgIpc) is 2.41. The van der Waals surface area contributed by atoms with Crippen LogP contribution in [0.1, 0.15) is 6.42 Å². The van der Waals surface area contributed by atoms with Crippen molar-refractivity contribution in [3.05, 3.63) is 0 Å². The number of hydrogen-bond acceptors (Lipinski definition) is 7. The Morgan fingerprint density at radius 2 is 1.20 bits per heavy atom. The summed E-state index contributed by atoms with van der Waals surface area (Å²) >= 11 is 0. The molecule has 0 aliphatic heterocycles. The van der Waals surface area contributed by atoms with E-state index in [9.17, 15) is 0 Å². The number of hydrogen-bond donors (Lipinski definition) is 5. The molecule has 0 radical (unpaired) electrons. The van der Waals surface area contributed by atoms with Gasteiger partial charge in [-0.15, -0.1) is 0 Å². The summed E-state index contributed by atoms with van der Waals surface area (Å²) in [6, 6.07) is 0. The molecule has 7 nitrogen and oxygen atoms in total. The van der Waals surface area contributed by atoms with Crippen LogP contribution in [0.2, 0.25) is 0 Å².